The molecule has 0 unspecified atom stereocenters. The molecule has 0 atom stereocenters. The van der Waals surface area contributed by atoms with E-state index < -0.39 is 0 Å². The second kappa shape index (κ2) is 8.97. The Hall–Kier alpha value is -2.73. The molecule has 0 aliphatic heterocycles. The molecule has 3 rings (SSSR count). The maximum absolute atomic E-state index is 12.3. The Labute approximate surface area is 167 Å². The highest BCUT2D eigenvalue weighted by atomic mass is 32.1. The molecule has 0 saturated heterocycles. The van der Waals surface area contributed by atoms with Gasteiger partial charge in [-0.2, -0.15) is 0 Å². The molecule has 0 radical (unpaired) electrons. The number of hydrogen-bond donors (Lipinski definition) is 2. The highest BCUT2D eigenvalue weighted by Crippen LogP contribution is 2.18. The molecule has 0 aliphatic rings. The fourth-order valence-electron chi connectivity index (χ4n) is 3.30. The molecule has 2 N–H and O–H groups in total. The first-order chi connectivity index (χ1) is 13.4. The lowest BCUT2D eigenvalue weighted by atomic mass is 10.0. The second-order valence-electron chi connectivity index (χ2n) is 7.02. The number of carbonyl (C=O) groups is 2. The zero-order valence-electron chi connectivity index (χ0n) is 16.1. The number of aromatic nitrogens is 1. The minimum Gasteiger partial charge on any atom is -0.356 e. The Morgan fingerprint density at radius 1 is 1.14 bits per heavy atom. The number of fused-ring (bicyclic) bond motifs is 1. The monoisotopic (exact) mass is 396 g/mol. The average Bonchev–Trinajstić information content (AvgIpc) is 3.17. The lowest BCUT2D eigenvalue weighted by Crippen LogP contribution is -2.27. The summed E-state index contributed by atoms with van der Waals surface area (Å²) in [6.07, 6.45) is 1.68. The number of rotatable bonds is 8. The molecule has 5 nitrogen and oxygen atoms in total. The van der Waals surface area contributed by atoms with Gasteiger partial charge in [-0.3, -0.25) is 14.4 Å². The van der Waals surface area contributed by atoms with E-state index in [-0.39, 0.29) is 17.2 Å². The van der Waals surface area contributed by atoms with E-state index in [1.165, 1.54) is 11.3 Å². The van der Waals surface area contributed by atoms with Crippen LogP contribution >= 0.6 is 11.3 Å². The first kappa shape index (κ1) is 20.0. The van der Waals surface area contributed by atoms with Crippen molar-refractivity contribution in [2.75, 3.05) is 6.54 Å². The van der Waals surface area contributed by atoms with Gasteiger partial charge in [-0.1, -0.05) is 12.1 Å². The van der Waals surface area contributed by atoms with Crippen molar-refractivity contribution in [1.29, 1.82) is 0 Å². The van der Waals surface area contributed by atoms with Crippen LogP contribution in [0.4, 0.5) is 0 Å². The molecule has 0 bridgehead atoms. The zero-order chi connectivity index (χ0) is 20.1. The molecule has 0 aliphatic carbocycles. The molecule has 2 aromatic heterocycles. The average molecular weight is 397 g/mol. The van der Waals surface area contributed by atoms with Crippen LogP contribution < -0.4 is 10.9 Å². The fourth-order valence-corrected chi connectivity index (χ4v) is 3.99. The predicted octanol–water partition coefficient (Wildman–Crippen LogP) is 3.92. The minimum atomic E-state index is -0.117. The minimum absolute atomic E-state index is 0.0797. The van der Waals surface area contributed by atoms with Crippen molar-refractivity contribution < 1.29 is 9.59 Å². The molecule has 0 fully saturated rings. The normalized spacial score (nSPS) is 10.9. The molecule has 0 saturated carbocycles. The van der Waals surface area contributed by atoms with Gasteiger partial charge in [0.05, 0.1) is 4.88 Å². The Bertz CT molecular complexity index is 1050. The van der Waals surface area contributed by atoms with Gasteiger partial charge >= 0.3 is 0 Å². The maximum atomic E-state index is 12.3. The predicted molar refractivity (Wildman–Crippen MR) is 113 cm³/mol. The number of hydrogen-bond acceptors (Lipinski definition) is 4. The largest absolute Gasteiger partial charge is 0.356 e. The number of aryl methyl sites for hydroxylation is 2. The third-order valence-corrected chi connectivity index (χ3v) is 5.62. The smallest absolute Gasteiger partial charge is 0.251 e. The number of H-pyrrole nitrogens is 1. The number of benzene rings is 1. The summed E-state index contributed by atoms with van der Waals surface area (Å²) in [5.41, 5.74) is 3.61. The van der Waals surface area contributed by atoms with Gasteiger partial charge in [0.2, 0.25) is 5.91 Å². The van der Waals surface area contributed by atoms with Gasteiger partial charge in [-0.15, -0.1) is 11.3 Å². The van der Waals surface area contributed by atoms with Crippen molar-refractivity contribution >= 4 is 33.9 Å². The van der Waals surface area contributed by atoms with E-state index in [4.69, 9.17) is 0 Å². The summed E-state index contributed by atoms with van der Waals surface area (Å²) < 4.78 is 0. The molecular weight excluding hydrogens is 372 g/mol. The highest BCUT2D eigenvalue weighted by Gasteiger charge is 2.09. The first-order valence-electron chi connectivity index (χ1n) is 9.40. The number of Topliss-reactive ketones (excluding diaryl/α,β-unsaturated/α-hetero) is 1. The van der Waals surface area contributed by atoms with Crippen LogP contribution in [-0.4, -0.2) is 23.2 Å². The van der Waals surface area contributed by atoms with E-state index in [1.807, 2.05) is 37.4 Å². The molecular formula is C22H24N2O3S. The third kappa shape index (κ3) is 4.95. The van der Waals surface area contributed by atoms with Gasteiger partial charge < -0.3 is 10.3 Å². The Kier molecular flexibility index (Phi) is 6.41. The van der Waals surface area contributed by atoms with Crippen LogP contribution in [0.15, 0.2) is 40.5 Å². The standard InChI is InChI=1S/C22H24N2O3S/c1-14-11-15(2)17-13-16(22(27)24-18(17)12-14)8-9-23-21(26)7-3-5-19(25)20-6-4-10-28-20/h4,6,10-13H,3,5,7-9H2,1-2H3,(H,23,26)(H,24,27). The third-order valence-electron chi connectivity index (χ3n) is 4.71. The lowest BCUT2D eigenvalue weighted by Gasteiger charge is -2.08. The lowest BCUT2D eigenvalue weighted by molar-refractivity contribution is -0.121. The summed E-state index contributed by atoms with van der Waals surface area (Å²) in [6, 6.07) is 9.62. The SMILES string of the molecule is Cc1cc(C)c2cc(CCNC(=O)CCCC(=O)c3cccs3)c(=O)[nH]c2c1. The van der Waals surface area contributed by atoms with Crippen molar-refractivity contribution in [2.45, 2.75) is 39.5 Å². The van der Waals surface area contributed by atoms with Gasteiger partial charge in [0.25, 0.3) is 5.56 Å². The van der Waals surface area contributed by atoms with Crippen molar-refractivity contribution in [3.8, 4) is 0 Å². The fraction of sp³-hybridized carbons (Fsp3) is 0.318. The molecule has 6 heteroatoms. The quantitative estimate of drug-likeness (QED) is 0.567. The molecule has 2 heterocycles. The van der Waals surface area contributed by atoms with E-state index in [9.17, 15) is 14.4 Å². The van der Waals surface area contributed by atoms with Crippen LogP contribution in [-0.2, 0) is 11.2 Å². The van der Waals surface area contributed by atoms with Gasteiger partial charge in [-0.25, -0.2) is 0 Å². The van der Waals surface area contributed by atoms with Gasteiger partial charge in [0, 0.05) is 35.9 Å². The topological polar surface area (TPSA) is 79.0 Å². The summed E-state index contributed by atoms with van der Waals surface area (Å²) in [7, 11) is 0. The summed E-state index contributed by atoms with van der Waals surface area (Å²) >= 11 is 1.42. The van der Waals surface area contributed by atoms with Crippen LogP contribution in [0.1, 0.15) is 45.6 Å². The van der Waals surface area contributed by atoms with Crippen LogP contribution in [0.2, 0.25) is 0 Å². The van der Waals surface area contributed by atoms with E-state index >= 15 is 0 Å². The molecule has 1 amide bonds. The highest BCUT2D eigenvalue weighted by molar-refractivity contribution is 7.12. The summed E-state index contributed by atoms with van der Waals surface area (Å²) in [6.45, 7) is 4.43. The molecule has 146 valence electrons. The van der Waals surface area contributed by atoms with Gasteiger partial charge in [0.1, 0.15) is 0 Å². The van der Waals surface area contributed by atoms with E-state index in [1.54, 1.807) is 6.07 Å². The van der Waals surface area contributed by atoms with Crippen molar-refractivity contribution in [1.82, 2.24) is 10.3 Å². The molecule has 1 aromatic carbocycles. The molecule has 0 spiro atoms. The van der Waals surface area contributed by atoms with Crippen LogP contribution in [0.25, 0.3) is 10.9 Å². The van der Waals surface area contributed by atoms with Crippen LogP contribution in [0.5, 0.6) is 0 Å². The van der Waals surface area contributed by atoms with E-state index in [2.05, 4.69) is 16.4 Å². The Morgan fingerprint density at radius 3 is 2.71 bits per heavy atom. The van der Waals surface area contributed by atoms with Crippen molar-refractivity contribution in [2.24, 2.45) is 0 Å². The Balaban J connectivity index is 1.49. The summed E-state index contributed by atoms with van der Waals surface area (Å²) in [5.74, 6) is -0.0147. The number of ketones is 1. The Morgan fingerprint density at radius 2 is 1.96 bits per heavy atom. The van der Waals surface area contributed by atoms with Crippen molar-refractivity contribution in [3.63, 3.8) is 0 Å². The van der Waals surface area contributed by atoms with E-state index in [0.717, 1.165) is 26.9 Å². The van der Waals surface area contributed by atoms with Gasteiger partial charge in [-0.05, 0) is 61.4 Å². The maximum Gasteiger partial charge on any atom is 0.251 e. The summed E-state index contributed by atoms with van der Waals surface area (Å²) in [5, 5.41) is 5.74. The van der Waals surface area contributed by atoms with E-state index in [0.29, 0.717) is 37.8 Å². The first-order valence-corrected chi connectivity index (χ1v) is 10.3. The zero-order valence-corrected chi connectivity index (χ0v) is 16.9. The number of thiophene rings is 1. The number of pyridine rings is 1. The number of aromatic amines is 1. The van der Waals surface area contributed by atoms with Crippen LogP contribution in [0.3, 0.4) is 0 Å². The van der Waals surface area contributed by atoms with Crippen molar-refractivity contribution in [3.05, 3.63) is 67.6 Å². The summed E-state index contributed by atoms with van der Waals surface area (Å²) in [4.78, 5) is 39.9. The molecule has 3 aromatic rings. The molecule has 28 heavy (non-hydrogen) atoms. The number of amides is 1. The second-order valence-corrected chi connectivity index (χ2v) is 7.97. The number of carbonyl (C=O) groups excluding carboxylic acids is 2. The van der Waals surface area contributed by atoms with Gasteiger partial charge in [0.15, 0.2) is 5.78 Å². The van der Waals surface area contributed by atoms with Crippen LogP contribution in [0, 0.1) is 13.8 Å². The number of nitrogens with one attached hydrogen (secondary N) is 2.